The molecule has 1 aliphatic rings. The van der Waals surface area contributed by atoms with Crippen LogP contribution in [0.1, 0.15) is 49.0 Å². The number of nitrogens with one attached hydrogen (secondary N) is 2. The molecule has 3 aromatic rings. The number of rotatable bonds is 8. The maximum absolute atomic E-state index is 13.6. The molecule has 1 aromatic carbocycles. The van der Waals surface area contributed by atoms with Crippen LogP contribution in [0.2, 0.25) is 0 Å². The Kier molecular flexibility index (Phi) is 8.01. The first kappa shape index (κ1) is 27.1. The molecule has 4 rings (SSSR count). The maximum atomic E-state index is 13.6. The summed E-state index contributed by atoms with van der Waals surface area (Å²) in [5.74, 6) is 0.0571. The number of carbonyl (C=O) groups is 1. The Balaban J connectivity index is 1.56. The van der Waals surface area contributed by atoms with Crippen molar-refractivity contribution in [3.05, 3.63) is 81.8 Å². The molecule has 2 aromatic heterocycles. The van der Waals surface area contributed by atoms with E-state index in [4.69, 9.17) is 4.74 Å². The van der Waals surface area contributed by atoms with E-state index >= 15 is 0 Å². The fourth-order valence-corrected chi connectivity index (χ4v) is 4.42. The van der Waals surface area contributed by atoms with Crippen molar-refractivity contribution in [2.75, 3.05) is 26.2 Å². The lowest BCUT2D eigenvalue weighted by Crippen LogP contribution is -2.49. The summed E-state index contributed by atoms with van der Waals surface area (Å²) in [5, 5.41) is 3.25. The van der Waals surface area contributed by atoms with Crippen LogP contribution in [-0.2, 0) is 24.1 Å². The van der Waals surface area contributed by atoms with Gasteiger partial charge in [-0.15, -0.1) is 0 Å². The van der Waals surface area contributed by atoms with Gasteiger partial charge < -0.3 is 14.6 Å². The molecule has 202 valence electrons. The second-order valence-corrected chi connectivity index (χ2v) is 10.3. The second kappa shape index (κ2) is 11.2. The summed E-state index contributed by atoms with van der Waals surface area (Å²) in [7, 11) is 0. The lowest BCUT2D eigenvalue weighted by molar-refractivity contribution is 0.0138. The van der Waals surface area contributed by atoms with Crippen molar-refractivity contribution in [1.29, 1.82) is 0 Å². The molecule has 1 fully saturated rings. The molecule has 0 bridgehead atoms. The van der Waals surface area contributed by atoms with Gasteiger partial charge in [-0.25, -0.2) is 14.2 Å². The van der Waals surface area contributed by atoms with Gasteiger partial charge in [-0.3, -0.25) is 14.8 Å². The van der Waals surface area contributed by atoms with Gasteiger partial charge in [-0.05, 0) is 63.5 Å². The van der Waals surface area contributed by atoms with Gasteiger partial charge in [0, 0.05) is 38.3 Å². The van der Waals surface area contributed by atoms with Crippen LogP contribution < -0.4 is 5.56 Å². The molecule has 0 aliphatic carbocycles. The van der Waals surface area contributed by atoms with Gasteiger partial charge in [0.2, 0.25) is 5.95 Å². The van der Waals surface area contributed by atoms with Crippen molar-refractivity contribution in [3.8, 4) is 5.95 Å². The number of nitrogens with zero attached hydrogens (tertiary/aromatic N) is 4. The largest absolute Gasteiger partial charge is 0.444 e. The molecule has 1 aliphatic heterocycles. The molecule has 1 saturated heterocycles. The molecule has 38 heavy (non-hydrogen) atoms. The van der Waals surface area contributed by atoms with E-state index in [-0.39, 0.29) is 17.5 Å². The Morgan fingerprint density at radius 2 is 1.79 bits per heavy atom. The van der Waals surface area contributed by atoms with Crippen LogP contribution in [0.5, 0.6) is 0 Å². The minimum absolute atomic E-state index is 0.200. The fourth-order valence-electron chi connectivity index (χ4n) is 4.42. The first-order valence-electron chi connectivity index (χ1n) is 12.7. The number of halogens is 1. The average Bonchev–Trinajstić information content (AvgIpc) is 3.43. The third kappa shape index (κ3) is 6.31. The summed E-state index contributed by atoms with van der Waals surface area (Å²) in [6.45, 7) is 16.0. The molecule has 2 N–H and O–H groups in total. The monoisotopic (exact) mass is 522 g/mol. The van der Waals surface area contributed by atoms with Crippen molar-refractivity contribution in [1.82, 2.24) is 29.5 Å². The highest BCUT2D eigenvalue weighted by molar-refractivity contribution is 5.68. The van der Waals surface area contributed by atoms with E-state index in [0.29, 0.717) is 68.5 Å². The number of imidazole rings is 1. The van der Waals surface area contributed by atoms with Crippen LogP contribution in [0, 0.1) is 5.82 Å². The van der Waals surface area contributed by atoms with Crippen LogP contribution in [0.4, 0.5) is 9.18 Å². The van der Waals surface area contributed by atoms with Gasteiger partial charge in [0.25, 0.3) is 5.56 Å². The van der Waals surface area contributed by atoms with E-state index in [9.17, 15) is 14.0 Å². The SMILES string of the molecule is C=Cc1nc(-n2[nH]c(CN3CCN(C(=O)OC(C)(C)C)CC3)c(CCc3ccc(F)cc3)c2=O)[nH]c1C=C. The van der Waals surface area contributed by atoms with Gasteiger partial charge in [-0.2, -0.15) is 4.68 Å². The molecular weight excluding hydrogens is 487 g/mol. The van der Waals surface area contributed by atoms with Gasteiger partial charge in [0.15, 0.2) is 0 Å². The van der Waals surface area contributed by atoms with Crippen LogP contribution in [0.25, 0.3) is 18.1 Å². The molecule has 3 heterocycles. The summed E-state index contributed by atoms with van der Waals surface area (Å²) < 4.78 is 20.3. The van der Waals surface area contributed by atoms with E-state index < -0.39 is 5.60 Å². The van der Waals surface area contributed by atoms with Gasteiger partial charge in [-0.1, -0.05) is 25.3 Å². The zero-order valence-electron chi connectivity index (χ0n) is 22.2. The lowest BCUT2D eigenvalue weighted by atomic mass is 10.0. The number of ether oxygens (including phenoxy) is 1. The van der Waals surface area contributed by atoms with Gasteiger partial charge in [0.1, 0.15) is 11.4 Å². The Bertz CT molecular complexity index is 1330. The Labute approximate surface area is 221 Å². The topological polar surface area (TPSA) is 99.2 Å². The number of aryl methyl sites for hydroxylation is 1. The first-order valence-corrected chi connectivity index (χ1v) is 12.7. The number of piperazine rings is 1. The number of aromatic amines is 2. The van der Waals surface area contributed by atoms with Crippen molar-refractivity contribution < 1.29 is 13.9 Å². The third-order valence-electron chi connectivity index (χ3n) is 6.41. The quantitative estimate of drug-likeness (QED) is 0.463. The number of carbonyl (C=O) groups excluding carboxylic acids is 1. The molecule has 0 atom stereocenters. The number of aromatic nitrogens is 4. The Morgan fingerprint density at radius 3 is 2.37 bits per heavy atom. The molecule has 0 unspecified atom stereocenters. The van der Waals surface area contributed by atoms with Crippen LogP contribution in [0.3, 0.4) is 0 Å². The average molecular weight is 523 g/mol. The maximum Gasteiger partial charge on any atom is 0.410 e. The van der Waals surface area contributed by atoms with Crippen molar-refractivity contribution in [2.24, 2.45) is 0 Å². The first-order chi connectivity index (χ1) is 18.1. The number of hydrogen-bond donors (Lipinski definition) is 2. The normalized spacial score (nSPS) is 14.5. The molecule has 0 spiro atoms. The smallest absolute Gasteiger partial charge is 0.410 e. The highest BCUT2D eigenvalue weighted by atomic mass is 19.1. The predicted molar refractivity (Wildman–Crippen MR) is 146 cm³/mol. The zero-order chi connectivity index (χ0) is 27.4. The van der Waals surface area contributed by atoms with E-state index in [0.717, 1.165) is 11.3 Å². The van der Waals surface area contributed by atoms with Crippen LogP contribution >= 0.6 is 0 Å². The Hall–Kier alpha value is -3.92. The van der Waals surface area contributed by atoms with Crippen LogP contribution in [-0.4, -0.2) is 67.4 Å². The summed E-state index contributed by atoms with van der Waals surface area (Å²) >= 11 is 0. The predicted octanol–water partition coefficient (Wildman–Crippen LogP) is 4.15. The third-order valence-corrected chi connectivity index (χ3v) is 6.41. The Morgan fingerprint density at radius 1 is 1.11 bits per heavy atom. The number of amides is 1. The van der Waals surface area contributed by atoms with E-state index in [1.165, 1.54) is 16.8 Å². The van der Waals surface area contributed by atoms with E-state index in [1.54, 1.807) is 29.2 Å². The molecule has 10 heteroatoms. The molecule has 0 radical (unpaired) electrons. The minimum Gasteiger partial charge on any atom is -0.444 e. The van der Waals surface area contributed by atoms with Gasteiger partial charge in [0.05, 0.1) is 17.1 Å². The van der Waals surface area contributed by atoms with Gasteiger partial charge >= 0.3 is 6.09 Å². The fraction of sp³-hybridized carbons (Fsp3) is 0.393. The van der Waals surface area contributed by atoms with E-state index in [1.807, 2.05) is 20.8 Å². The molecule has 0 saturated carbocycles. The highest BCUT2D eigenvalue weighted by Crippen LogP contribution is 2.17. The number of hydrogen-bond acceptors (Lipinski definition) is 5. The summed E-state index contributed by atoms with van der Waals surface area (Å²) in [5.41, 5.74) is 2.89. The zero-order valence-corrected chi connectivity index (χ0v) is 22.2. The summed E-state index contributed by atoms with van der Waals surface area (Å²) in [4.78, 5) is 37.5. The minimum atomic E-state index is -0.543. The highest BCUT2D eigenvalue weighted by Gasteiger charge is 2.27. The van der Waals surface area contributed by atoms with Crippen LogP contribution in [0.15, 0.2) is 42.2 Å². The molecular formula is C28H35FN6O3. The molecule has 9 nitrogen and oxygen atoms in total. The molecule has 1 amide bonds. The number of H-pyrrole nitrogens is 2. The lowest BCUT2D eigenvalue weighted by Gasteiger charge is -2.35. The summed E-state index contributed by atoms with van der Waals surface area (Å²) in [6, 6.07) is 6.31. The number of benzene rings is 1. The van der Waals surface area contributed by atoms with E-state index in [2.05, 4.69) is 33.1 Å². The van der Waals surface area contributed by atoms with Crippen molar-refractivity contribution in [3.63, 3.8) is 0 Å². The van der Waals surface area contributed by atoms with Crippen molar-refractivity contribution in [2.45, 2.75) is 45.8 Å². The second-order valence-electron chi connectivity index (χ2n) is 10.3. The summed E-state index contributed by atoms with van der Waals surface area (Å²) in [6.07, 6.45) is 3.98. The standard InChI is InChI=1S/C28H35FN6O3/c1-6-22-23(7-2)31-26(30-22)35-25(36)21(13-10-19-8-11-20(29)12-9-19)24(32-35)18-33-14-16-34(17-15-33)27(37)38-28(3,4)5/h6-9,11-12,32H,1-2,10,13-18H2,3-5H3,(H,30,31). The van der Waals surface area contributed by atoms with Crippen molar-refractivity contribution >= 4 is 18.2 Å².